The van der Waals surface area contributed by atoms with Crippen LogP contribution in [-0.2, 0) is 16.1 Å². The zero-order valence-corrected chi connectivity index (χ0v) is 16.9. The zero-order chi connectivity index (χ0) is 20.5. The maximum Gasteiger partial charge on any atom is 0.328 e. The number of rotatable bonds is 6. The number of aryl methyl sites for hydroxylation is 2. The van der Waals surface area contributed by atoms with Crippen LogP contribution in [0.3, 0.4) is 0 Å². The van der Waals surface area contributed by atoms with Crippen molar-refractivity contribution in [2.45, 2.75) is 64.6 Å². The van der Waals surface area contributed by atoms with Crippen LogP contribution in [0.25, 0.3) is 0 Å². The summed E-state index contributed by atoms with van der Waals surface area (Å²) < 4.78 is 0. The summed E-state index contributed by atoms with van der Waals surface area (Å²) in [6.45, 7) is 7.99. The average molecular weight is 389 g/mol. The number of benzene rings is 1. The molecule has 6 heteroatoms. The molecule has 6 nitrogen and oxygen atoms in total. The molecule has 28 heavy (non-hydrogen) atoms. The van der Waals surface area contributed by atoms with Gasteiger partial charge in [-0.25, -0.2) is 9.59 Å². The molecule has 0 aromatic heterocycles. The van der Waals surface area contributed by atoms with E-state index >= 15 is 0 Å². The molecular formula is C22H32N2O4. The lowest BCUT2D eigenvalue weighted by molar-refractivity contribution is -0.134. The summed E-state index contributed by atoms with van der Waals surface area (Å²) in [6, 6.07) is 8.47. The molecule has 1 saturated heterocycles. The van der Waals surface area contributed by atoms with Crippen LogP contribution >= 0.6 is 0 Å². The van der Waals surface area contributed by atoms with Crippen molar-refractivity contribution < 1.29 is 19.8 Å². The number of carboxylic acids is 2. The smallest absolute Gasteiger partial charge is 0.328 e. The summed E-state index contributed by atoms with van der Waals surface area (Å²) in [4.78, 5) is 21.9. The van der Waals surface area contributed by atoms with E-state index in [0.29, 0.717) is 12.2 Å². The Labute approximate surface area is 167 Å². The van der Waals surface area contributed by atoms with Gasteiger partial charge in [0.05, 0.1) is 0 Å². The molecule has 1 heterocycles. The minimum Gasteiger partial charge on any atom is -0.478 e. The first kappa shape index (κ1) is 22.1. The van der Waals surface area contributed by atoms with Gasteiger partial charge >= 0.3 is 11.9 Å². The van der Waals surface area contributed by atoms with Crippen molar-refractivity contribution in [1.29, 1.82) is 0 Å². The van der Waals surface area contributed by atoms with Crippen molar-refractivity contribution in [2.75, 3.05) is 13.1 Å². The molecule has 1 aliphatic carbocycles. The summed E-state index contributed by atoms with van der Waals surface area (Å²) >= 11 is 0. The van der Waals surface area contributed by atoms with Crippen molar-refractivity contribution in [3.63, 3.8) is 0 Å². The Morgan fingerprint density at radius 1 is 1.07 bits per heavy atom. The molecule has 1 saturated carbocycles. The van der Waals surface area contributed by atoms with Crippen LogP contribution in [0, 0.1) is 13.8 Å². The normalized spacial score (nSPS) is 19.8. The van der Waals surface area contributed by atoms with Crippen LogP contribution in [0.5, 0.6) is 0 Å². The quantitative estimate of drug-likeness (QED) is 0.649. The molecule has 1 atom stereocenters. The number of nitrogens with zero attached hydrogens (tertiary/aromatic N) is 1. The highest BCUT2D eigenvalue weighted by molar-refractivity contribution is 5.89. The number of hydrogen-bond donors (Lipinski definition) is 3. The third kappa shape index (κ3) is 7.09. The van der Waals surface area contributed by atoms with Gasteiger partial charge in [-0.1, -0.05) is 36.6 Å². The van der Waals surface area contributed by atoms with E-state index < -0.39 is 11.9 Å². The summed E-state index contributed by atoms with van der Waals surface area (Å²) in [5.74, 6) is -2.51. The molecule has 0 spiro atoms. The van der Waals surface area contributed by atoms with Crippen LogP contribution in [0.2, 0.25) is 0 Å². The lowest BCUT2D eigenvalue weighted by Crippen LogP contribution is -2.42. The van der Waals surface area contributed by atoms with E-state index in [-0.39, 0.29) is 0 Å². The Kier molecular flexibility index (Phi) is 8.67. The largest absolute Gasteiger partial charge is 0.478 e. The van der Waals surface area contributed by atoms with E-state index in [2.05, 4.69) is 42.3 Å². The molecule has 0 radical (unpaired) electrons. The fraction of sp³-hybridized carbons (Fsp3) is 0.545. The molecule has 3 N–H and O–H groups in total. The van der Waals surface area contributed by atoms with E-state index in [0.717, 1.165) is 18.6 Å². The predicted octanol–water partition coefficient (Wildman–Crippen LogP) is 3.12. The molecule has 3 rings (SSSR count). The molecule has 0 amide bonds. The molecular weight excluding hydrogens is 356 g/mol. The van der Waals surface area contributed by atoms with E-state index in [1.165, 1.54) is 61.9 Å². The highest BCUT2D eigenvalue weighted by atomic mass is 16.4. The van der Waals surface area contributed by atoms with Crippen molar-refractivity contribution in [3.05, 3.63) is 47.0 Å². The number of carboxylic acid groups (broad SMARTS) is 2. The minimum atomic E-state index is -1.26. The Morgan fingerprint density at radius 2 is 1.71 bits per heavy atom. The van der Waals surface area contributed by atoms with E-state index in [1.807, 2.05) is 0 Å². The topological polar surface area (TPSA) is 89.9 Å². The van der Waals surface area contributed by atoms with Gasteiger partial charge in [-0.3, -0.25) is 4.90 Å². The SMILES string of the molecule is Cc1ccc(C)c(CN(C2CCCC2)[C@H]2CCNC2)c1.O=C(O)C=CC(=O)O. The number of hydrogen-bond acceptors (Lipinski definition) is 4. The van der Waals surface area contributed by atoms with Crippen molar-refractivity contribution >= 4 is 11.9 Å². The second-order valence-electron chi connectivity index (χ2n) is 7.70. The summed E-state index contributed by atoms with van der Waals surface area (Å²) in [5.41, 5.74) is 4.37. The van der Waals surface area contributed by atoms with Gasteiger partial charge in [-0.15, -0.1) is 0 Å². The van der Waals surface area contributed by atoms with Gasteiger partial charge in [-0.05, 0) is 50.8 Å². The van der Waals surface area contributed by atoms with Crippen LogP contribution < -0.4 is 5.32 Å². The van der Waals surface area contributed by atoms with Crippen LogP contribution in [0.15, 0.2) is 30.4 Å². The van der Waals surface area contributed by atoms with Gasteiger partial charge in [0.2, 0.25) is 0 Å². The molecule has 1 aliphatic heterocycles. The number of aliphatic carboxylic acids is 2. The molecule has 2 aliphatic rings. The Morgan fingerprint density at radius 3 is 2.25 bits per heavy atom. The first-order valence-electron chi connectivity index (χ1n) is 10.0. The van der Waals surface area contributed by atoms with Crippen LogP contribution in [0.1, 0.15) is 48.8 Å². The van der Waals surface area contributed by atoms with E-state index in [4.69, 9.17) is 10.2 Å². The van der Waals surface area contributed by atoms with E-state index in [9.17, 15) is 9.59 Å². The van der Waals surface area contributed by atoms with Crippen molar-refractivity contribution in [1.82, 2.24) is 10.2 Å². The summed E-state index contributed by atoms with van der Waals surface area (Å²) in [7, 11) is 0. The average Bonchev–Trinajstić information content (AvgIpc) is 3.35. The fourth-order valence-electron chi connectivity index (χ4n) is 4.02. The van der Waals surface area contributed by atoms with Gasteiger partial charge in [0.25, 0.3) is 0 Å². The highest BCUT2D eigenvalue weighted by Crippen LogP contribution is 2.29. The minimum absolute atomic E-state index is 0.558. The summed E-state index contributed by atoms with van der Waals surface area (Å²) in [6.07, 6.45) is 8.09. The number of nitrogens with one attached hydrogen (secondary N) is 1. The molecule has 0 bridgehead atoms. The maximum atomic E-state index is 9.55. The van der Waals surface area contributed by atoms with Gasteiger partial charge in [0.1, 0.15) is 0 Å². The maximum absolute atomic E-state index is 9.55. The predicted molar refractivity (Wildman–Crippen MR) is 109 cm³/mol. The molecule has 1 aromatic rings. The Bertz CT molecular complexity index is 658. The molecule has 0 unspecified atom stereocenters. The van der Waals surface area contributed by atoms with Gasteiger partial charge in [-0.2, -0.15) is 0 Å². The fourth-order valence-corrected chi connectivity index (χ4v) is 4.02. The van der Waals surface area contributed by atoms with Crippen molar-refractivity contribution in [3.8, 4) is 0 Å². The Hall–Kier alpha value is -2.18. The first-order chi connectivity index (χ1) is 13.4. The highest BCUT2D eigenvalue weighted by Gasteiger charge is 2.30. The standard InChI is InChI=1S/C18H28N2.C4H4O4/c1-14-7-8-15(2)16(11-14)13-20(17-5-3-4-6-17)18-9-10-19-12-18;5-3(6)1-2-4(7)8/h7-8,11,17-19H,3-6,9-10,12-13H2,1-2H3;1-2H,(H,5,6)(H,7,8)/t18-;/m0./s1. The third-order valence-corrected chi connectivity index (χ3v) is 5.52. The zero-order valence-electron chi connectivity index (χ0n) is 16.9. The lowest BCUT2D eigenvalue weighted by atomic mass is 10.0. The second kappa shape index (κ2) is 11.0. The molecule has 1 aromatic carbocycles. The van der Waals surface area contributed by atoms with Crippen LogP contribution in [-0.4, -0.2) is 52.2 Å². The second-order valence-corrected chi connectivity index (χ2v) is 7.70. The molecule has 2 fully saturated rings. The van der Waals surface area contributed by atoms with Crippen molar-refractivity contribution in [2.24, 2.45) is 0 Å². The van der Waals surface area contributed by atoms with Gasteiger partial charge in [0.15, 0.2) is 0 Å². The first-order valence-corrected chi connectivity index (χ1v) is 10.0. The van der Waals surface area contributed by atoms with E-state index in [1.54, 1.807) is 0 Å². The third-order valence-electron chi connectivity index (χ3n) is 5.52. The van der Waals surface area contributed by atoms with Gasteiger partial charge < -0.3 is 15.5 Å². The Balaban J connectivity index is 0.000000300. The lowest BCUT2D eigenvalue weighted by Gasteiger charge is -2.34. The summed E-state index contributed by atoms with van der Waals surface area (Å²) in [5, 5.41) is 19.2. The molecule has 154 valence electrons. The van der Waals surface area contributed by atoms with Gasteiger partial charge in [0, 0.05) is 37.3 Å². The number of carbonyl (C=O) groups is 2. The van der Waals surface area contributed by atoms with Crippen LogP contribution in [0.4, 0.5) is 0 Å². The monoisotopic (exact) mass is 388 g/mol.